The predicted octanol–water partition coefficient (Wildman–Crippen LogP) is 3.36. The van der Waals surface area contributed by atoms with E-state index in [1.807, 2.05) is 0 Å². The van der Waals surface area contributed by atoms with Crippen molar-refractivity contribution in [1.29, 1.82) is 0 Å². The van der Waals surface area contributed by atoms with Crippen molar-refractivity contribution >= 4 is 52.9 Å². The second-order valence-corrected chi connectivity index (χ2v) is 15.0. The Bertz CT molecular complexity index is 1210. The molecule has 0 bridgehead atoms. The summed E-state index contributed by atoms with van der Waals surface area (Å²) in [5.74, 6) is -1.69. The number of halogens is 3. The van der Waals surface area contributed by atoms with Crippen LogP contribution in [-0.2, 0) is 39.9 Å². The van der Waals surface area contributed by atoms with Crippen LogP contribution in [0.25, 0.3) is 0 Å². The number of nitrogens with one attached hydrogen (secondary N) is 2. The van der Waals surface area contributed by atoms with Crippen molar-refractivity contribution in [3.8, 4) is 0 Å². The number of rotatable bonds is 12. The lowest BCUT2D eigenvalue weighted by Gasteiger charge is -2.27. The molecule has 0 aromatic carbocycles. The van der Waals surface area contributed by atoms with Crippen molar-refractivity contribution in [2.75, 3.05) is 19.0 Å². The quantitative estimate of drug-likeness (QED) is 0.151. The van der Waals surface area contributed by atoms with Gasteiger partial charge in [0.15, 0.2) is 11.3 Å². The number of esters is 1. The molecule has 2 rings (SSSR count). The van der Waals surface area contributed by atoms with Crippen LogP contribution in [0, 0.1) is 11.2 Å². The van der Waals surface area contributed by atoms with Gasteiger partial charge in [-0.05, 0) is 32.6 Å². The zero-order valence-corrected chi connectivity index (χ0v) is 25.6. The van der Waals surface area contributed by atoms with Crippen LogP contribution in [0.2, 0.25) is 0 Å². The SMILES string of the molecule is CC(C)OC(=O)[C@@H](C)N[P@](=S)(OCCSC(=O)C(C)(C)C)OC[C@@H]1C[C@@](F)(Cl)[C@H](n2cc(F)c(=O)[nH]c2=O)O1. The lowest BCUT2D eigenvalue weighted by atomic mass is 10.00. The van der Waals surface area contributed by atoms with Gasteiger partial charge < -0.3 is 18.5 Å². The number of aromatic amines is 1. The normalized spacial score (nSPS) is 23.9. The Hall–Kier alpha value is -1.19. The number of carbonyl (C=O) groups is 2. The second kappa shape index (κ2) is 13.6. The number of nitrogens with zero attached hydrogens (tertiary/aromatic N) is 1. The zero-order chi connectivity index (χ0) is 29.8. The summed E-state index contributed by atoms with van der Waals surface area (Å²) in [6.45, 7) is 6.38. The molecular formula is C22H33ClF2N3O8PS2. The Morgan fingerprint density at radius 3 is 2.59 bits per heavy atom. The predicted molar refractivity (Wildman–Crippen MR) is 146 cm³/mol. The molecule has 5 atom stereocenters. The molecule has 2 N–H and O–H groups in total. The zero-order valence-electron chi connectivity index (χ0n) is 22.3. The van der Waals surface area contributed by atoms with E-state index in [0.29, 0.717) is 10.8 Å². The molecule has 39 heavy (non-hydrogen) atoms. The number of ether oxygens (including phenoxy) is 2. The molecule has 0 unspecified atom stereocenters. The van der Waals surface area contributed by atoms with Crippen LogP contribution < -0.4 is 16.3 Å². The molecule has 0 amide bonds. The summed E-state index contributed by atoms with van der Waals surface area (Å²) >= 11 is 12.6. The molecule has 1 aliphatic rings. The Balaban J connectivity index is 2.13. The van der Waals surface area contributed by atoms with Gasteiger partial charge in [-0.25, -0.2) is 14.3 Å². The minimum atomic E-state index is -3.45. The second-order valence-electron chi connectivity index (χ2n) is 10.1. The van der Waals surface area contributed by atoms with Gasteiger partial charge >= 0.3 is 11.7 Å². The highest BCUT2D eigenvalue weighted by Gasteiger charge is 2.50. The highest BCUT2D eigenvalue weighted by atomic mass is 35.5. The van der Waals surface area contributed by atoms with E-state index in [1.165, 1.54) is 6.92 Å². The van der Waals surface area contributed by atoms with Crippen LogP contribution >= 0.6 is 30.0 Å². The van der Waals surface area contributed by atoms with E-state index >= 15 is 4.39 Å². The fourth-order valence-electron chi connectivity index (χ4n) is 3.16. The number of thioether (sulfide) groups is 1. The monoisotopic (exact) mass is 635 g/mol. The van der Waals surface area contributed by atoms with Crippen molar-refractivity contribution in [2.24, 2.45) is 5.41 Å². The summed E-state index contributed by atoms with van der Waals surface area (Å²) in [5, 5.41) is 0.105. The number of alkyl halides is 2. The minimum absolute atomic E-state index is 0.00847. The molecule has 1 aliphatic heterocycles. The van der Waals surface area contributed by atoms with E-state index in [9.17, 15) is 23.6 Å². The number of hydrogen-bond donors (Lipinski definition) is 2. The maximum Gasteiger partial charge on any atom is 0.330 e. The third kappa shape index (κ3) is 9.99. The fraction of sp³-hybridized carbons (Fsp3) is 0.727. The maximum absolute atomic E-state index is 15.2. The first kappa shape index (κ1) is 34.0. The lowest BCUT2D eigenvalue weighted by Crippen LogP contribution is -2.38. The van der Waals surface area contributed by atoms with Crippen LogP contribution in [0.4, 0.5) is 8.78 Å². The summed E-state index contributed by atoms with van der Waals surface area (Å²) in [5.41, 5.74) is -2.95. The molecule has 17 heteroatoms. The van der Waals surface area contributed by atoms with E-state index in [4.69, 9.17) is 41.9 Å². The van der Waals surface area contributed by atoms with Gasteiger partial charge in [0.1, 0.15) is 6.04 Å². The fourth-order valence-corrected chi connectivity index (χ4v) is 6.78. The van der Waals surface area contributed by atoms with E-state index in [0.717, 1.165) is 11.8 Å². The molecule has 0 saturated carbocycles. The summed E-state index contributed by atoms with van der Waals surface area (Å²) in [6, 6.07) is -0.935. The van der Waals surface area contributed by atoms with Gasteiger partial charge in [-0.2, -0.15) is 4.39 Å². The number of hydrogen-bond acceptors (Lipinski definition) is 10. The van der Waals surface area contributed by atoms with Gasteiger partial charge in [0.25, 0.3) is 12.2 Å². The minimum Gasteiger partial charge on any atom is -0.462 e. The maximum atomic E-state index is 15.2. The van der Waals surface area contributed by atoms with Gasteiger partial charge in [-0.3, -0.25) is 23.9 Å². The van der Waals surface area contributed by atoms with Gasteiger partial charge in [-0.1, -0.05) is 44.1 Å². The van der Waals surface area contributed by atoms with Crippen LogP contribution in [-0.4, -0.2) is 63.0 Å². The Morgan fingerprint density at radius 2 is 2.00 bits per heavy atom. The Morgan fingerprint density at radius 1 is 1.36 bits per heavy atom. The topological polar surface area (TPSA) is 138 Å². The molecule has 222 valence electrons. The number of H-pyrrole nitrogens is 1. The third-order valence-corrected chi connectivity index (χ3v) is 9.29. The van der Waals surface area contributed by atoms with Crippen molar-refractivity contribution in [3.63, 3.8) is 0 Å². The molecule has 0 radical (unpaired) electrons. The van der Waals surface area contributed by atoms with E-state index in [2.05, 4.69) is 5.09 Å². The van der Waals surface area contributed by atoms with Crippen molar-refractivity contribution in [2.45, 2.75) is 77.6 Å². The highest BCUT2D eigenvalue weighted by Crippen LogP contribution is 2.48. The van der Waals surface area contributed by atoms with Crippen molar-refractivity contribution in [1.82, 2.24) is 14.6 Å². The van der Waals surface area contributed by atoms with Crippen LogP contribution in [0.1, 0.15) is 54.2 Å². The summed E-state index contributed by atoms with van der Waals surface area (Å²) in [4.78, 5) is 49.7. The van der Waals surface area contributed by atoms with Gasteiger partial charge in [0.2, 0.25) is 10.9 Å². The molecule has 1 saturated heterocycles. The molecule has 2 heterocycles. The standard InChI is InChI=1S/C22H33ClF2N3O8PS2/c1-12(2)35-17(30)13(3)27-37(38,33-7-8-39-19(31)21(4,5)6)34-11-14-9-22(23,25)18(36-14)28-10-15(24)16(29)26-20(28)32/h10,12-14,18H,7-9,11H2,1-6H3,(H,27,38)(H,26,29,32)/t13-,14+,18-,22+,37+/m1/s1. The van der Waals surface area contributed by atoms with Gasteiger partial charge in [0, 0.05) is 17.6 Å². The molecule has 11 nitrogen and oxygen atoms in total. The van der Waals surface area contributed by atoms with E-state index in [-0.39, 0.29) is 30.2 Å². The summed E-state index contributed by atoms with van der Waals surface area (Å²) < 4.78 is 51.7. The van der Waals surface area contributed by atoms with Crippen LogP contribution in [0.3, 0.4) is 0 Å². The molecule has 1 aromatic rings. The lowest BCUT2D eigenvalue weighted by molar-refractivity contribution is -0.149. The molecule has 1 aromatic heterocycles. The summed E-state index contributed by atoms with van der Waals surface area (Å²) in [6.07, 6.45) is -3.21. The van der Waals surface area contributed by atoms with Crippen LogP contribution in [0.15, 0.2) is 15.8 Å². The first-order valence-corrected chi connectivity index (χ1v) is 15.9. The van der Waals surface area contributed by atoms with Gasteiger partial charge in [-0.15, -0.1) is 0 Å². The van der Waals surface area contributed by atoms with Crippen LogP contribution in [0.5, 0.6) is 0 Å². The molecule has 1 fully saturated rings. The average molecular weight is 636 g/mol. The third-order valence-electron chi connectivity index (χ3n) is 5.04. The molecular weight excluding hydrogens is 603 g/mol. The molecule has 0 spiro atoms. The van der Waals surface area contributed by atoms with Crippen molar-refractivity contribution in [3.05, 3.63) is 32.9 Å². The number of carbonyl (C=O) groups excluding carboxylic acids is 2. The van der Waals surface area contributed by atoms with Crippen molar-refractivity contribution < 1.29 is 36.9 Å². The van der Waals surface area contributed by atoms with E-state index < -0.39 is 65.0 Å². The smallest absolute Gasteiger partial charge is 0.330 e. The Kier molecular flexibility index (Phi) is 11.9. The Labute approximate surface area is 238 Å². The average Bonchev–Trinajstić information content (AvgIpc) is 3.10. The highest BCUT2D eigenvalue weighted by molar-refractivity contribution is 8.13. The van der Waals surface area contributed by atoms with E-state index in [1.54, 1.807) is 39.6 Å². The number of aromatic nitrogens is 2. The molecule has 0 aliphatic carbocycles. The largest absolute Gasteiger partial charge is 0.462 e. The van der Waals surface area contributed by atoms with Gasteiger partial charge in [0.05, 0.1) is 31.6 Å². The first-order chi connectivity index (χ1) is 17.8. The first-order valence-electron chi connectivity index (χ1n) is 11.9. The summed E-state index contributed by atoms with van der Waals surface area (Å²) in [7, 11) is 0.